The second-order valence-electron chi connectivity index (χ2n) is 5.19. The van der Waals surface area contributed by atoms with Crippen LogP contribution in [0.2, 0.25) is 0 Å². The molecule has 4 heterocycles. The quantitative estimate of drug-likeness (QED) is 0.437. The fourth-order valence-electron chi connectivity index (χ4n) is 2.38. The lowest BCUT2D eigenvalue weighted by Gasteiger charge is -2.06. The van der Waals surface area contributed by atoms with Crippen molar-refractivity contribution in [2.75, 3.05) is 0 Å². The molecule has 0 aliphatic heterocycles. The van der Waals surface area contributed by atoms with Crippen LogP contribution in [0.1, 0.15) is 18.7 Å². The maximum atomic E-state index is 10.7. The number of aromatic amines is 1. The summed E-state index contributed by atoms with van der Waals surface area (Å²) in [6.45, 7) is 2.37. The highest BCUT2D eigenvalue weighted by atomic mass is 16.6. The topological polar surface area (TPSA) is 133 Å². The third-order valence-corrected chi connectivity index (χ3v) is 3.54. The summed E-state index contributed by atoms with van der Waals surface area (Å²) in [5.41, 5.74) is 1.27. The molecular formula is C12H11N9O2. The van der Waals surface area contributed by atoms with E-state index in [4.69, 9.17) is 0 Å². The van der Waals surface area contributed by atoms with Gasteiger partial charge in [0.2, 0.25) is 0 Å². The number of hydrogen-bond acceptors (Lipinski definition) is 7. The van der Waals surface area contributed by atoms with Gasteiger partial charge in [-0.15, -0.1) is 5.10 Å². The van der Waals surface area contributed by atoms with Crippen LogP contribution in [-0.2, 0) is 6.54 Å². The van der Waals surface area contributed by atoms with Crippen LogP contribution in [0, 0.1) is 10.1 Å². The van der Waals surface area contributed by atoms with Gasteiger partial charge in [0, 0.05) is 5.92 Å². The Balaban J connectivity index is 1.65. The molecule has 0 fully saturated rings. The summed E-state index contributed by atoms with van der Waals surface area (Å²) in [6.07, 6.45) is 5.83. The number of nitrogens with zero attached hydrogens (tertiary/aromatic N) is 8. The van der Waals surface area contributed by atoms with Crippen molar-refractivity contribution in [3.05, 3.63) is 40.9 Å². The Hall–Kier alpha value is -3.37. The molecule has 23 heavy (non-hydrogen) atoms. The van der Waals surface area contributed by atoms with Crippen LogP contribution < -0.4 is 0 Å². The van der Waals surface area contributed by atoms with Crippen molar-refractivity contribution in [1.29, 1.82) is 0 Å². The van der Waals surface area contributed by atoms with E-state index in [1.54, 1.807) is 17.0 Å². The lowest BCUT2D eigenvalue weighted by atomic mass is 10.2. The van der Waals surface area contributed by atoms with Gasteiger partial charge in [0.15, 0.2) is 17.1 Å². The first kappa shape index (κ1) is 13.3. The normalized spacial score (nSPS) is 12.9. The molecular weight excluding hydrogens is 302 g/mol. The van der Waals surface area contributed by atoms with Gasteiger partial charge in [-0.1, -0.05) is 6.92 Å². The van der Waals surface area contributed by atoms with Gasteiger partial charge in [-0.25, -0.2) is 14.5 Å². The molecule has 0 amide bonds. The molecule has 4 aromatic heterocycles. The van der Waals surface area contributed by atoms with Gasteiger partial charge in [-0.2, -0.15) is 10.2 Å². The first-order chi connectivity index (χ1) is 11.1. The van der Waals surface area contributed by atoms with Crippen LogP contribution in [0.25, 0.3) is 16.7 Å². The second kappa shape index (κ2) is 4.83. The fraction of sp³-hybridized carbons (Fsp3) is 0.250. The third kappa shape index (κ3) is 2.18. The van der Waals surface area contributed by atoms with Gasteiger partial charge in [-0.3, -0.25) is 19.9 Å². The number of nitrogens with one attached hydrogen (secondary N) is 1. The second-order valence-corrected chi connectivity index (χ2v) is 5.19. The Labute approximate surface area is 128 Å². The van der Waals surface area contributed by atoms with Crippen molar-refractivity contribution < 1.29 is 4.92 Å². The Kier molecular flexibility index (Phi) is 2.79. The molecule has 4 rings (SSSR count). The van der Waals surface area contributed by atoms with E-state index >= 15 is 0 Å². The monoisotopic (exact) mass is 313 g/mol. The molecule has 0 radical (unpaired) electrons. The van der Waals surface area contributed by atoms with Gasteiger partial charge < -0.3 is 0 Å². The van der Waals surface area contributed by atoms with Gasteiger partial charge in [0.25, 0.3) is 0 Å². The minimum atomic E-state index is -0.474. The van der Waals surface area contributed by atoms with E-state index < -0.39 is 4.92 Å². The SMILES string of the molecule is CC(Cn1cc([N+](=O)[O-])cn1)c1nc2c3cn[nH]c3ncn2n1. The Morgan fingerprint density at radius 1 is 1.43 bits per heavy atom. The summed E-state index contributed by atoms with van der Waals surface area (Å²) >= 11 is 0. The molecule has 11 nitrogen and oxygen atoms in total. The first-order valence-electron chi connectivity index (χ1n) is 6.83. The molecule has 1 atom stereocenters. The third-order valence-electron chi connectivity index (χ3n) is 3.54. The largest absolute Gasteiger partial charge is 0.306 e. The van der Waals surface area contributed by atoms with E-state index in [0.717, 1.165) is 5.39 Å². The van der Waals surface area contributed by atoms with Gasteiger partial charge in [0.1, 0.15) is 18.7 Å². The summed E-state index contributed by atoms with van der Waals surface area (Å²) in [4.78, 5) is 18.9. The van der Waals surface area contributed by atoms with E-state index in [-0.39, 0.29) is 11.6 Å². The Morgan fingerprint density at radius 3 is 3.09 bits per heavy atom. The van der Waals surface area contributed by atoms with Gasteiger partial charge in [0.05, 0.1) is 23.1 Å². The predicted molar refractivity (Wildman–Crippen MR) is 77.7 cm³/mol. The van der Waals surface area contributed by atoms with E-state index in [1.807, 2.05) is 6.92 Å². The number of H-pyrrole nitrogens is 1. The van der Waals surface area contributed by atoms with E-state index in [9.17, 15) is 10.1 Å². The van der Waals surface area contributed by atoms with Crippen molar-refractivity contribution in [2.45, 2.75) is 19.4 Å². The van der Waals surface area contributed by atoms with Crippen LogP contribution in [0.15, 0.2) is 24.9 Å². The molecule has 0 saturated carbocycles. The zero-order valence-corrected chi connectivity index (χ0v) is 12.0. The minimum absolute atomic E-state index is 0.0375. The highest BCUT2D eigenvalue weighted by Gasteiger charge is 2.17. The molecule has 11 heteroatoms. The van der Waals surface area contributed by atoms with Crippen LogP contribution >= 0.6 is 0 Å². The zero-order chi connectivity index (χ0) is 16.0. The van der Waals surface area contributed by atoms with Crippen LogP contribution in [0.5, 0.6) is 0 Å². The minimum Gasteiger partial charge on any atom is -0.265 e. The maximum absolute atomic E-state index is 10.7. The summed E-state index contributed by atoms with van der Waals surface area (Å²) in [7, 11) is 0. The Morgan fingerprint density at radius 2 is 2.30 bits per heavy atom. The highest BCUT2D eigenvalue weighted by Crippen LogP contribution is 2.19. The standard InChI is InChI=1S/C12H11N9O2/c1-7(4-19-5-8(2-15-19)21(22)23)10-16-12-9-3-14-17-11(9)13-6-20(12)18-10/h2-3,5-7H,4H2,1H3,(H,14,17). The van der Waals surface area contributed by atoms with Crippen molar-refractivity contribution in [3.63, 3.8) is 0 Å². The molecule has 0 bridgehead atoms. The van der Waals surface area contributed by atoms with Crippen molar-refractivity contribution in [1.82, 2.24) is 39.6 Å². The number of nitro groups is 1. The summed E-state index contributed by atoms with van der Waals surface area (Å²) in [5.74, 6) is 0.537. The van der Waals surface area contributed by atoms with Gasteiger partial charge >= 0.3 is 5.69 Å². The molecule has 0 spiro atoms. The van der Waals surface area contributed by atoms with Crippen molar-refractivity contribution in [3.8, 4) is 0 Å². The van der Waals surface area contributed by atoms with Crippen LogP contribution in [0.3, 0.4) is 0 Å². The molecule has 1 unspecified atom stereocenters. The number of rotatable bonds is 4. The maximum Gasteiger partial charge on any atom is 0.306 e. The van der Waals surface area contributed by atoms with E-state index in [1.165, 1.54) is 17.1 Å². The molecule has 0 saturated heterocycles. The number of hydrogen-bond donors (Lipinski definition) is 1. The van der Waals surface area contributed by atoms with Gasteiger partial charge in [-0.05, 0) is 0 Å². The lowest BCUT2D eigenvalue weighted by molar-refractivity contribution is -0.385. The fourth-order valence-corrected chi connectivity index (χ4v) is 2.38. The Bertz CT molecular complexity index is 1010. The number of aromatic nitrogens is 8. The summed E-state index contributed by atoms with van der Waals surface area (Å²) < 4.78 is 3.11. The highest BCUT2D eigenvalue weighted by molar-refractivity contribution is 5.87. The zero-order valence-electron chi connectivity index (χ0n) is 12.0. The molecule has 1 N–H and O–H groups in total. The average Bonchev–Trinajstić information content (AvgIpc) is 3.24. The smallest absolute Gasteiger partial charge is 0.265 e. The number of fused-ring (bicyclic) bond motifs is 3. The average molecular weight is 313 g/mol. The van der Waals surface area contributed by atoms with Crippen molar-refractivity contribution in [2.24, 2.45) is 0 Å². The van der Waals surface area contributed by atoms with Crippen molar-refractivity contribution >= 4 is 22.4 Å². The summed E-state index contributed by atoms with van der Waals surface area (Å²) in [6, 6.07) is 0. The molecule has 0 aliphatic rings. The molecule has 0 aromatic carbocycles. The molecule has 116 valence electrons. The molecule has 4 aromatic rings. The van der Waals surface area contributed by atoms with E-state index in [2.05, 4.69) is 30.4 Å². The van der Waals surface area contributed by atoms with Crippen LogP contribution in [-0.4, -0.2) is 44.5 Å². The lowest BCUT2D eigenvalue weighted by Crippen LogP contribution is -2.08. The predicted octanol–water partition coefficient (Wildman–Crippen LogP) is 0.909. The first-order valence-corrected chi connectivity index (χ1v) is 6.83. The van der Waals surface area contributed by atoms with Crippen LogP contribution in [0.4, 0.5) is 5.69 Å². The van der Waals surface area contributed by atoms with E-state index in [0.29, 0.717) is 23.7 Å². The molecule has 0 aliphatic carbocycles. The summed E-state index contributed by atoms with van der Waals surface area (Å²) in [5, 5.41) is 26.6.